The van der Waals surface area contributed by atoms with Gasteiger partial charge in [0.2, 0.25) is 5.91 Å². The number of aromatic nitrogens is 2. The van der Waals surface area contributed by atoms with Crippen molar-refractivity contribution in [3.8, 4) is 17.0 Å². The van der Waals surface area contributed by atoms with Gasteiger partial charge >= 0.3 is 0 Å². The summed E-state index contributed by atoms with van der Waals surface area (Å²) < 4.78 is 6.79. The second-order valence-corrected chi connectivity index (χ2v) is 6.93. The second kappa shape index (κ2) is 10.4. The Morgan fingerprint density at radius 2 is 1.67 bits per heavy atom. The number of aryl methyl sites for hydroxylation is 2. The molecular weight excluding hydrogens is 378 g/mol. The number of benzene rings is 2. The van der Waals surface area contributed by atoms with E-state index >= 15 is 0 Å². The van der Waals surface area contributed by atoms with Crippen LogP contribution in [0.15, 0.2) is 65.5 Å². The zero-order valence-electron chi connectivity index (χ0n) is 17.4. The van der Waals surface area contributed by atoms with Crippen LogP contribution in [0.5, 0.6) is 5.75 Å². The van der Waals surface area contributed by atoms with Gasteiger partial charge in [-0.15, -0.1) is 0 Å². The first kappa shape index (κ1) is 21.3. The van der Waals surface area contributed by atoms with Gasteiger partial charge < -0.3 is 10.1 Å². The summed E-state index contributed by atoms with van der Waals surface area (Å²) in [6, 6.07) is 18.9. The van der Waals surface area contributed by atoms with Gasteiger partial charge in [-0.25, -0.2) is 4.68 Å². The van der Waals surface area contributed by atoms with Crippen molar-refractivity contribution in [2.24, 2.45) is 0 Å². The topological polar surface area (TPSA) is 73.2 Å². The first-order valence-corrected chi connectivity index (χ1v) is 10.2. The Morgan fingerprint density at radius 1 is 0.967 bits per heavy atom. The lowest BCUT2D eigenvalue weighted by atomic mass is 10.1. The number of carbonyl (C=O) groups is 1. The van der Waals surface area contributed by atoms with Crippen LogP contribution in [0, 0.1) is 0 Å². The van der Waals surface area contributed by atoms with Crippen LogP contribution in [0.1, 0.15) is 31.4 Å². The normalized spacial score (nSPS) is 10.6. The quantitative estimate of drug-likeness (QED) is 0.591. The van der Waals surface area contributed by atoms with Crippen molar-refractivity contribution < 1.29 is 9.53 Å². The zero-order chi connectivity index (χ0) is 21.3. The lowest BCUT2D eigenvalue weighted by Crippen LogP contribution is -2.28. The number of carbonyl (C=O) groups excluding carboxylic acids is 1. The summed E-state index contributed by atoms with van der Waals surface area (Å²) in [5, 5.41) is 7.31. The van der Waals surface area contributed by atoms with Crippen LogP contribution in [0.25, 0.3) is 11.3 Å². The number of hydrogen-bond acceptors (Lipinski definition) is 4. The van der Waals surface area contributed by atoms with Gasteiger partial charge in [0.25, 0.3) is 5.56 Å². The molecule has 0 aliphatic carbocycles. The van der Waals surface area contributed by atoms with Crippen molar-refractivity contribution in [2.75, 3.05) is 6.61 Å². The Kier molecular flexibility index (Phi) is 7.38. The molecule has 0 fully saturated rings. The molecule has 1 heterocycles. The number of rotatable bonds is 9. The molecule has 0 saturated carbocycles. The summed E-state index contributed by atoms with van der Waals surface area (Å²) in [5.74, 6) is 0.672. The van der Waals surface area contributed by atoms with Crippen LogP contribution < -0.4 is 15.6 Å². The van der Waals surface area contributed by atoms with Crippen LogP contribution in [-0.2, 0) is 24.3 Å². The maximum Gasteiger partial charge on any atom is 0.266 e. The van der Waals surface area contributed by atoms with Crippen LogP contribution in [0.4, 0.5) is 0 Å². The highest BCUT2D eigenvalue weighted by Crippen LogP contribution is 2.19. The standard InChI is InChI=1S/C24H27N3O3/c1-3-18-5-7-19(8-6-18)17-25-23(28)15-16-27-24(29)14-13-22(26-27)20-9-11-21(12-10-20)30-4-2/h5-14H,3-4,15-17H2,1-2H3,(H,25,28). The zero-order valence-corrected chi connectivity index (χ0v) is 17.4. The van der Waals surface area contributed by atoms with E-state index in [1.807, 2.05) is 43.3 Å². The molecule has 0 saturated heterocycles. The maximum absolute atomic E-state index is 12.2. The molecule has 0 radical (unpaired) electrons. The Labute approximate surface area is 176 Å². The molecule has 0 aliphatic heterocycles. The van der Waals surface area contributed by atoms with E-state index in [0.29, 0.717) is 18.8 Å². The molecule has 1 N–H and O–H groups in total. The minimum atomic E-state index is -0.229. The van der Waals surface area contributed by atoms with Crippen molar-refractivity contribution in [1.29, 1.82) is 0 Å². The molecule has 0 unspecified atom stereocenters. The Bertz CT molecular complexity index is 1020. The highest BCUT2D eigenvalue weighted by Gasteiger charge is 2.07. The molecule has 3 rings (SSSR count). The van der Waals surface area contributed by atoms with Crippen LogP contribution in [0.2, 0.25) is 0 Å². The number of amides is 1. The predicted molar refractivity (Wildman–Crippen MR) is 117 cm³/mol. The van der Waals surface area contributed by atoms with E-state index in [4.69, 9.17) is 4.74 Å². The van der Waals surface area contributed by atoms with E-state index in [9.17, 15) is 9.59 Å². The lowest BCUT2D eigenvalue weighted by Gasteiger charge is -2.09. The largest absolute Gasteiger partial charge is 0.494 e. The van der Waals surface area contributed by atoms with Gasteiger partial charge in [-0.05, 0) is 54.8 Å². The molecule has 1 aromatic heterocycles. The van der Waals surface area contributed by atoms with Gasteiger partial charge in [-0.2, -0.15) is 5.10 Å². The first-order chi connectivity index (χ1) is 14.6. The summed E-state index contributed by atoms with van der Waals surface area (Å²) in [5.41, 5.74) is 3.64. The number of nitrogens with one attached hydrogen (secondary N) is 1. The van der Waals surface area contributed by atoms with Crippen LogP contribution in [-0.4, -0.2) is 22.3 Å². The molecule has 156 valence electrons. The van der Waals surface area contributed by atoms with E-state index in [0.717, 1.165) is 23.3 Å². The number of ether oxygens (including phenoxy) is 1. The highest BCUT2D eigenvalue weighted by atomic mass is 16.5. The molecular formula is C24H27N3O3. The van der Waals surface area contributed by atoms with E-state index in [1.165, 1.54) is 16.3 Å². The summed E-state index contributed by atoms with van der Waals surface area (Å²) in [7, 11) is 0. The van der Waals surface area contributed by atoms with E-state index in [-0.39, 0.29) is 24.4 Å². The maximum atomic E-state index is 12.2. The van der Waals surface area contributed by atoms with E-state index < -0.39 is 0 Å². The third-order valence-electron chi connectivity index (χ3n) is 4.80. The minimum absolute atomic E-state index is 0.116. The van der Waals surface area contributed by atoms with Crippen LogP contribution in [0.3, 0.4) is 0 Å². The van der Waals surface area contributed by atoms with Gasteiger partial charge in [0.15, 0.2) is 0 Å². The van der Waals surface area contributed by atoms with Crippen molar-refractivity contribution in [3.05, 3.63) is 82.1 Å². The van der Waals surface area contributed by atoms with Gasteiger partial charge in [-0.3, -0.25) is 9.59 Å². The Balaban J connectivity index is 1.58. The molecule has 0 atom stereocenters. The van der Waals surface area contributed by atoms with Gasteiger partial charge in [0, 0.05) is 24.6 Å². The SMILES string of the molecule is CCOc1ccc(-c2ccc(=O)n(CCC(=O)NCc3ccc(CC)cc3)n2)cc1. The monoisotopic (exact) mass is 405 g/mol. The third-order valence-corrected chi connectivity index (χ3v) is 4.80. The van der Waals surface area contributed by atoms with Gasteiger partial charge in [0.1, 0.15) is 5.75 Å². The Morgan fingerprint density at radius 3 is 2.33 bits per heavy atom. The van der Waals surface area contributed by atoms with Crippen molar-refractivity contribution in [2.45, 2.75) is 39.8 Å². The summed E-state index contributed by atoms with van der Waals surface area (Å²) >= 11 is 0. The fourth-order valence-corrected chi connectivity index (χ4v) is 3.04. The minimum Gasteiger partial charge on any atom is -0.494 e. The fourth-order valence-electron chi connectivity index (χ4n) is 3.04. The summed E-state index contributed by atoms with van der Waals surface area (Å²) in [4.78, 5) is 24.4. The van der Waals surface area contributed by atoms with E-state index in [2.05, 4.69) is 29.5 Å². The van der Waals surface area contributed by atoms with Crippen LogP contribution >= 0.6 is 0 Å². The molecule has 2 aromatic carbocycles. The number of hydrogen-bond donors (Lipinski definition) is 1. The fraction of sp³-hybridized carbons (Fsp3) is 0.292. The third kappa shape index (κ3) is 5.80. The van der Waals surface area contributed by atoms with E-state index in [1.54, 1.807) is 6.07 Å². The Hall–Kier alpha value is -3.41. The predicted octanol–water partition coefficient (Wildman–Crippen LogP) is 3.58. The highest BCUT2D eigenvalue weighted by molar-refractivity contribution is 5.75. The van der Waals surface area contributed by atoms with Crippen molar-refractivity contribution >= 4 is 5.91 Å². The molecule has 6 heteroatoms. The second-order valence-electron chi connectivity index (χ2n) is 6.93. The molecule has 3 aromatic rings. The van der Waals surface area contributed by atoms with Gasteiger partial charge in [-0.1, -0.05) is 31.2 Å². The molecule has 1 amide bonds. The smallest absolute Gasteiger partial charge is 0.266 e. The van der Waals surface area contributed by atoms with Gasteiger partial charge in [0.05, 0.1) is 18.8 Å². The molecule has 0 bridgehead atoms. The molecule has 0 spiro atoms. The summed E-state index contributed by atoms with van der Waals surface area (Å²) in [6.07, 6.45) is 1.18. The van der Waals surface area contributed by atoms with Crippen molar-refractivity contribution in [1.82, 2.24) is 15.1 Å². The average molecular weight is 405 g/mol. The average Bonchev–Trinajstić information content (AvgIpc) is 2.78. The summed E-state index contributed by atoms with van der Waals surface area (Å²) in [6.45, 7) is 5.34. The number of nitrogens with zero attached hydrogens (tertiary/aromatic N) is 2. The first-order valence-electron chi connectivity index (χ1n) is 10.2. The molecule has 0 aliphatic rings. The lowest BCUT2D eigenvalue weighted by molar-refractivity contribution is -0.121. The van der Waals surface area contributed by atoms with Crippen molar-refractivity contribution in [3.63, 3.8) is 0 Å². The molecule has 30 heavy (non-hydrogen) atoms. The molecule has 6 nitrogen and oxygen atoms in total.